The number of likely N-dealkylation sites (tertiary alicyclic amines) is 1. The summed E-state index contributed by atoms with van der Waals surface area (Å²) in [7, 11) is 0. The van der Waals surface area contributed by atoms with Crippen LogP contribution >= 0.6 is 0 Å². The third kappa shape index (κ3) is 5.47. The standard InChI is InChI=1S/C16H27N3O/c1-16(2,3)18-13-14-6-7-15(17-12-14)20-11-10-19-8-4-5-9-19/h6-7,12,18H,4-5,8-11,13H2,1-3H3. The fraction of sp³-hybridized carbons (Fsp3) is 0.688. The number of pyridine rings is 1. The summed E-state index contributed by atoms with van der Waals surface area (Å²) in [6, 6.07) is 4.04. The van der Waals surface area contributed by atoms with Gasteiger partial charge >= 0.3 is 0 Å². The van der Waals surface area contributed by atoms with E-state index in [4.69, 9.17) is 4.74 Å². The van der Waals surface area contributed by atoms with Crippen molar-refractivity contribution in [2.24, 2.45) is 0 Å². The molecule has 1 fully saturated rings. The van der Waals surface area contributed by atoms with Gasteiger partial charge < -0.3 is 10.1 Å². The quantitative estimate of drug-likeness (QED) is 0.866. The van der Waals surface area contributed by atoms with Crippen LogP contribution in [0.2, 0.25) is 0 Å². The van der Waals surface area contributed by atoms with E-state index in [-0.39, 0.29) is 5.54 Å². The Kier molecular flexibility index (Phi) is 5.38. The summed E-state index contributed by atoms with van der Waals surface area (Å²) in [5, 5.41) is 3.45. The molecule has 1 aliphatic rings. The first-order chi connectivity index (χ1) is 9.53. The average molecular weight is 277 g/mol. The fourth-order valence-corrected chi connectivity index (χ4v) is 2.25. The van der Waals surface area contributed by atoms with E-state index >= 15 is 0 Å². The fourth-order valence-electron chi connectivity index (χ4n) is 2.25. The second kappa shape index (κ2) is 7.04. The lowest BCUT2D eigenvalue weighted by Gasteiger charge is -2.20. The minimum Gasteiger partial charge on any atom is -0.476 e. The molecule has 2 rings (SSSR count). The van der Waals surface area contributed by atoms with Crippen molar-refractivity contribution in [3.63, 3.8) is 0 Å². The van der Waals surface area contributed by atoms with Crippen molar-refractivity contribution >= 4 is 0 Å². The molecule has 1 aromatic heterocycles. The van der Waals surface area contributed by atoms with Crippen molar-refractivity contribution in [1.82, 2.24) is 15.2 Å². The first-order valence-electron chi connectivity index (χ1n) is 7.58. The number of ether oxygens (including phenoxy) is 1. The second-order valence-corrected chi connectivity index (χ2v) is 6.51. The molecule has 0 radical (unpaired) electrons. The van der Waals surface area contributed by atoms with Gasteiger partial charge in [-0.1, -0.05) is 6.07 Å². The molecule has 0 amide bonds. The van der Waals surface area contributed by atoms with E-state index in [9.17, 15) is 0 Å². The molecule has 1 aliphatic heterocycles. The largest absolute Gasteiger partial charge is 0.476 e. The summed E-state index contributed by atoms with van der Waals surface area (Å²) >= 11 is 0. The molecule has 0 unspecified atom stereocenters. The molecular weight excluding hydrogens is 250 g/mol. The number of aromatic nitrogens is 1. The van der Waals surface area contributed by atoms with Gasteiger partial charge in [-0.3, -0.25) is 4.90 Å². The molecule has 4 nitrogen and oxygen atoms in total. The van der Waals surface area contributed by atoms with Gasteiger partial charge in [-0.05, 0) is 52.3 Å². The Balaban J connectivity index is 1.70. The highest BCUT2D eigenvalue weighted by Crippen LogP contribution is 2.10. The number of nitrogens with one attached hydrogen (secondary N) is 1. The Labute approximate surface area is 122 Å². The third-order valence-electron chi connectivity index (χ3n) is 3.48. The van der Waals surface area contributed by atoms with E-state index in [2.05, 4.69) is 42.0 Å². The summed E-state index contributed by atoms with van der Waals surface area (Å²) in [5.41, 5.74) is 1.32. The van der Waals surface area contributed by atoms with Gasteiger partial charge in [0.05, 0.1) is 0 Å². The summed E-state index contributed by atoms with van der Waals surface area (Å²) in [6.07, 6.45) is 4.55. The van der Waals surface area contributed by atoms with Crippen LogP contribution in [-0.2, 0) is 6.54 Å². The van der Waals surface area contributed by atoms with E-state index < -0.39 is 0 Å². The lowest BCUT2D eigenvalue weighted by Crippen LogP contribution is -2.35. The maximum Gasteiger partial charge on any atom is 0.213 e. The minimum absolute atomic E-state index is 0.130. The monoisotopic (exact) mass is 277 g/mol. The number of hydrogen-bond acceptors (Lipinski definition) is 4. The normalized spacial score (nSPS) is 16.6. The Morgan fingerprint density at radius 1 is 1.25 bits per heavy atom. The molecule has 112 valence electrons. The first kappa shape index (κ1) is 15.3. The van der Waals surface area contributed by atoms with Crippen molar-refractivity contribution in [2.45, 2.75) is 45.7 Å². The highest BCUT2D eigenvalue weighted by molar-refractivity contribution is 5.17. The molecule has 1 N–H and O–H groups in total. The van der Waals surface area contributed by atoms with Gasteiger partial charge in [-0.15, -0.1) is 0 Å². The van der Waals surface area contributed by atoms with Gasteiger partial charge in [-0.2, -0.15) is 0 Å². The smallest absolute Gasteiger partial charge is 0.213 e. The van der Waals surface area contributed by atoms with Gasteiger partial charge in [0.15, 0.2) is 0 Å². The van der Waals surface area contributed by atoms with E-state index in [1.54, 1.807) is 0 Å². The number of rotatable bonds is 6. The predicted molar refractivity (Wildman–Crippen MR) is 82.0 cm³/mol. The summed E-state index contributed by atoms with van der Waals surface area (Å²) in [5.74, 6) is 0.726. The summed E-state index contributed by atoms with van der Waals surface area (Å²) in [4.78, 5) is 6.81. The molecule has 0 saturated carbocycles. The zero-order valence-electron chi connectivity index (χ0n) is 13.0. The van der Waals surface area contributed by atoms with Gasteiger partial charge in [0.1, 0.15) is 6.61 Å². The van der Waals surface area contributed by atoms with Crippen LogP contribution in [0.1, 0.15) is 39.2 Å². The molecule has 0 atom stereocenters. The molecule has 1 saturated heterocycles. The summed E-state index contributed by atoms with van der Waals surface area (Å²) < 4.78 is 5.70. The Hall–Kier alpha value is -1.13. The molecule has 20 heavy (non-hydrogen) atoms. The third-order valence-corrected chi connectivity index (χ3v) is 3.48. The Bertz CT molecular complexity index is 391. The molecule has 1 aromatic rings. The molecule has 0 spiro atoms. The van der Waals surface area contributed by atoms with Crippen molar-refractivity contribution in [3.05, 3.63) is 23.9 Å². The Morgan fingerprint density at radius 3 is 2.60 bits per heavy atom. The van der Waals surface area contributed by atoms with E-state index in [0.29, 0.717) is 0 Å². The van der Waals surface area contributed by atoms with Crippen LogP contribution < -0.4 is 10.1 Å². The van der Waals surface area contributed by atoms with Crippen LogP contribution in [0.25, 0.3) is 0 Å². The SMILES string of the molecule is CC(C)(C)NCc1ccc(OCCN2CCCC2)nc1. The highest BCUT2D eigenvalue weighted by Gasteiger charge is 2.11. The van der Waals surface area contributed by atoms with Crippen molar-refractivity contribution in [1.29, 1.82) is 0 Å². The van der Waals surface area contributed by atoms with Crippen molar-refractivity contribution < 1.29 is 4.74 Å². The molecule has 2 heterocycles. The van der Waals surface area contributed by atoms with Crippen molar-refractivity contribution in [2.75, 3.05) is 26.2 Å². The topological polar surface area (TPSA) is 37.4 Å². The molecule has 0 bridgehead atoms. The highest BCUT2D eigenvalue weighted by atomic mass is 16.5. The molecule has 0 aromatic carbocycles. The second-order valence-electron chi connectivity index (χ2n) is 6.51. The van der Waals surface area contributed by atoms with Crippen LogP contribution in [-0.4, -0.2) is 41.7 Å². The maximum absolute atomic E-state index is 5.70. The van der Waals surface area contributed by atoms with E-state index in [1.165, 1.54) is 31.5 Å². The predicted octanol–water partition coefficient (Wildman–Crippen LogP) is 2.44. The van der Waals surface area contributed by atoms with Crippen molar-refractivity contribution in [3.8, 4) is 5.88 Å². The van der Waals surface area contributed by atoms with Crippen LogP contribution in [0.15, 0.2) is 18.3 Å². The molecule has 4 heteroatoms. The van der Waals surface area contributed by atoms with Crippen LogP contribution in [0.4, 0.5) is 0 Å². The first-order valence-corrected chi connectivity index (χ1v) is 7.58. The molecule has 0 aliphatic carbocycles. The summed E-state index contributed by atoms with van der Waals surface area (Å²) in [6.45, 7) is 11.5. The number of nitrogens with zero attached hydrogens (tertiary/aromatic N) is 2. The van der Waals surface area contributed by atoms with E-state index in [0.717, 1.165) is 25.6 Å². The van der Waals surface area contributed by atoms with Crippen LogP contribution in [0.5, 0.6) is 5.88 Å². The van der Waals surface area contributed by atoms with Crippen LogP contribution in [0.3, 0.4) is 0 Å². The number of hydrogen-bond donors (Lipinski definition) is 1. The van der Waals surface area contributed by atoms with Gasteiger partial charge in [-0.25, -0.2) is 4.98 Å². The Morgan fingerprint density at radius 2 is 2.00 bits per heavy atom. The lowest BCUT2D eigenvalue weighted by atomic mass is 10.1. The zero-order chi connectivity index (χ0) is 14.4. The zero-order valence-corrected chi connectivity index (χ0v) is 13.0. The maximum atomic E-state index is 5.70. The van der Waals surface area contributed by atoms with E-state index in [1.807, 2.05) is 12.3 Å². The van der Waals surface area contributed by atoms with Gasteiger partial charge in [0, 0.05) is 30.9 Å². The lowest BCUT2D eigenvalue weighted by molar-refractivity contribution is 0.232. The molecular formula is C16H27N3O. The van der Waals surface area contributed by atoms with Crippen LogP contribution in [0, 0.1) is 0 Å². The van der Waals surface area contributed by atoms with Gasteiger partial charge in [0.25, 0.3) is 0 Å². The van der Waals surface area contributed by atoms with Gasteiger partial charge in [0.2, 0.25) is 5.88 Å². The average Bonchev–Trinajstić information content (AvgIpc) is 2.90. The minimum atomic E-state index is 0.130.